The van der Waals surface area contributed by atoms with Crippen LogP contribution in [0.25, 0.3) is 5.69 Å². The highest BCUT2D eigenvalue weighted by molar-refractivity contribution is 5.94. The first kappa shape index (κ1) is 19.2. The summed E-state index contributed by atoms with van der Waals surface area (Å²) in [5, 5.41) is 7.51. The van der Waals surface area contributed by atoms with Crippen molar-refractivity contribution in [3.05, 3.63) is 107 Å². The number of halogens is 2. The SMILES string of the molecule is O=C(NC(c1ccccc1)c1ccco1)c1nn(-c2ccc(F)c(F)c2)c2c1CCC2. The van der Waals surface area contributed by atoms with Crippen molar-refractivity contribution in [3.63, 3.8) is 0 Å². The monoisotopic (exact) mass is 419 g/mol. The van der Waals surface area contributed by atoms with Gasteiger partial charge < -0.3 is 9.73 Å². The van der Waals surface area contributed by atoms with Gasteiger partial charge in [0, 0.05) is 17.3 Å². The van der Waals surface area contributed by atoms with Crippen molar-refractivity contribution >= 4 is 5.91 Å². The minimum Gasteiger partial charge on any atom is -0.467 e. The average Bonchev–Trinajstić information content (AvgIpc) is 3.53. The molecule has 0 aliphatic heterocycles. The van der Waals surface area contributed by atoms with Crippen molar-refractivity contribution in [2.24, 2.45) is 0 Å². The number of fused-ring (bicyclic) bond motifs is 1. The van der Waals surface area contributed by atoms with E-state index in [2.05, 4.69) is 10.4 Å². The summed E-state index contributed by atoms with van der Waals surface area (Å²) in [6.07, 6.45) is 3.86. The van der Waals surface area contributed by atoms with Crippen LogP contribution >= 0.6 is 0 Å². The lowest BCUT2D eigenvalue weighted by molar-refractivity contribution is 0.0932. The zero-order chi connectivity index (χ0) is 21.4. The Morgan fingerprint density at radius 2 is 1.87 bits per heavy atom. The Hall–Kier alpha value is -3.74. The number of rotatable bonds is 5. The van der Waals surface area contributed by atoms with E-state index in [0.29, 0.717) is 23.6 Å². The van der Waals surface area contributed by atoms with E-state index in [1.54, 1.807) is 17.0 Å². The highest BCUT2D eigenvalue weighted by Gasteiger charge is 2.29. The molecule has 4 aromatic rings. The van der Waals surface area contributed by atoms with Crippen molar-refractivity contribution in [1.29, 1.82) is 0 Å². The average molecular weight is 419 g/mol. The molecule has 2 aromatic carbocycles. The van der Waals surface area contributed by atoms with Gasteiger partial charge in [0.15, 0.2) is 17.3 Å². The van der Waals surface area contributed by atoms with Gasteiger partial charge in [0.25, 0.3) is 5.91 Å². The summed E-state index contributed by atoms with van der Waals surface area (Å²) in [6.45, 7) is 0. The van der Waals surface area contributed by atoms with E-state index in [9.17, 15) is 13.6 Å². The van der Waals surface area contributed by atoms with Crippen LogP contribution in [0.3, 0.4) is 0 Å². The van der Waals surface area contributed by atoms with Gasteiger partial charge in [-0.1, -0.05) is 30.3 Å². The van der Waals surface area contributed by atoms with E-state index in [-0.39, 0.29) is 5.91 Å². The molecular formula is C24H19F2N3O2. The molecule has 5 nitrogen and oxygen atoms in total. The second-order valence-corrected chi connectivity index (χ2v) is 7.47. The maximum atomic E-state index is 13.8. The Kier molecular flexibility index (Phi) is 4.86. The number of amides is 1. The van der Waals surface area contributed by atoms with Crippen molar-refractivity contribution in [3.8, 4) is 5.69 Å². The van der Waals surface area contributed by atoms with Gasteiger partial charge in [-0.15, -0.1) is 0 Å². The number of carbonyl (C=O) groups excluding carboxylic acids is 1. The number of aromatic nitrogens is 2. The molecule has 1 unspecified atom stereocenters. The Balaban J connectivity index is 1.51. The van der Waals surface area contributed by atoms with E-state index in [0.717, 1.165) is 41.8 Å². The molecule has 2 aromatic heterocycles. The van der Waals surface area contributed by atoms with Gasteiger partial charge in [0.1, 0.15) is 11.8 Å². The van der Waals surface area contributed by atoms with Crippen LogP contribution in [0.5, 0.6) is 0 Å². The Bertz CT molecular complexity index is 1230. The third kappa shape index (κ3) is 3.52. The number of hydrogen-bond acceptors (Lipinski definition) is 3. The third-order valence-electron chi connectivity index (χ3n) is 5.53. The molecule has 0 saturated carbocycles. The Labute approximate surface area is 177 Å². The molecule has 0 spiro atoms. The summed E-state index contributed by atoms with van der Waals surface area (Å²) in [5.41, 5.74) is 3.26. The van der Waals surface area contributed by atoms with Crippen molar-refractivity contribution in [2.45, 2.75) is 25.3 Å². The van der Waals surface area contributed by atoms with Gasteiger partial charge in [-0.2, -0.15) is 5.10 Å². The van der Waals surface area contributed by atoms with Crippen molar-refractivity contribution < 1.29 is 18.0 Å². The standard InChI is InChI=1S/C24H19F2N3O2/c25-18-12-11-16(14-19(18)26)29-20-9-4-8-17(20)23(28-29)24(30)27-22(21-10-5-13-31-21)15-6-2-1-3-7-15/h1-3,5-7,10-14,22H,4,8-9H2,(H,27,30). The Morgan fingerprint density at radius 3 is 2.61 bits per heavy atom. The molecular weight excluding hydrogens is 400 g/mol. The second-order valence-electron chi connectivity index (χ2n) is 7.47. The van der Waals surface area contributed by atoms with Crippen LogP contribution in [0, 0.1) is 11.6 Å². The molecule has 1 N–H and O–H groups in total. The summed E-state index contributed by atoms with van der Waals surface area (Å²) >= 11 is 0. The molecule has 1 aliphatic carbocycles. The van der Waals surface area contributed by atoms with Crippen LogP contribution in [0.2, 0.25) is 0 Å². The molecule has 5 rings (SSSR count). The third-order valence-corrected chi connectivity index (χ3v) is 5.53. The van der Waals surface area contributed by atoms with Crippen LogP contribution in [0.15, 0.2) is 71.3 Å². The highest BCUT2D eigenvalue weighted by Crippen LogP contribution is 2.29. The molecule has 31 heavy (non-hydrogen) atoms. The summed E-state index contributed by atoms with van der Waals surface area (Å²) < 4.78 is 34.3. The van der Waals surface area contributed by atoms with Gasteiger partial charge in [0.05, 0.1) is 12.0 Å². The van der Waals surface area contributed by atoms with Gasteiger partial charge >= 0.3 is 0 Å². The lowest BCUT2D eigenvalue weighted by Gasteiger charge is -2.17. The molecule has 0 saturated heterocycles. The van der Waals surface area contributed by atoms with Gasteiger partial charge in [0.2, 0.25) is 0 Å². The predicted molar refractivity (Wildman–Crippen MR) is 110 cm³/mol. The second kappa shape index (κ2) is 7.83. The predicted octanol–water partition coefficient (Wildman–Crippen LogP) is 4.75. The van der Waals surface area contributed by atoms with E-state index >= 15 is 0 Å². The molecule has 0 fully saturated rings. The minimum absolute atomic E-state index is 0.296. The number of furan rings is 1. The largest absolute Gasteiger partial charge is 0.467 e. The van der Waals surface area contributed by atoms with Crippen molar-refractivity contribution in [1.82, 2.24) is 15.1 Å². The first-order valence-electron chi connectivity index (χ1n) is 10.1. The van der Waals surface area contributed by atoms with Crippen molar-refractivity contribution in [2.75, 3.05) is 0 Å². The topological polar surface area (TPSA) is 60.1 Å². The summed E-state index contributed by atoms with van der Waals surface area (Å²) in [5.74, 6) is -1.61. The number of carbonyl (C=O) groups is 1. The summed E-state index contributed by atoms with van der Waals surface area (Å²) in [7, 11) is 0. The lowest BCUT2D eigenvalue weighted by Crippen LogP contribution is -2.30. The molecule has 156 valence electrons. The zero-order valence-electron chi connectivity index (χ0n) is 16.5. The fraction of sp³-hybridized carbons (Fsp3) is 0.167. The van der Waals surface area contributed by atoms with Crippen LogP contribution in [-0.2, 0) is 12.8 Å². The number of nitrogens with one attached hydrogen (secondary N) is 1. The van der Waals surface area contributed by atoms with Gasteiger partial charge in [-0.25, -0.2) is 13.5 Å². The van der Waals surface area contributed by atoms with Crippen LogP contribution in [-0.4, -0.2) is 15.7 Å². The molecule has 7 heteroatoms. The van der Waals surface area contributed by atoms with Crippen LogP contribution in [0.1, 0.15) is 45.5 Å². The number of benzene rings is 2. The first-order chi connectivity index (χ1) is 15.1. The normalized spacial score (nSPS) is 13.7. The first-order valence-corrected chi connectivity index (χ1v) is 10.1. The molecule has 2 heterocycles. The smallest absolute Gasteiger partial charge is 0.272 e. The Morgan fingerprint density at radius 1 is 1.03 bits per heavy atom. The molecule has 0 bridgehead atoms. The van der Waals surface area contributed by atoms with Crippen LogP contribution < -0.4 is 5.32 Å². The summed E-state index contributed by atoms with van der Waals surface area (Å²) in [4.78, 5) is 13.3. The van der Waals surface area contributed by atoms with E-state index in [1.807, 2.05) is 36.4 Å². The van der Waals surface area contributed by atoms with E-state index in [1.165, 1.54) is 6.07 Å². The zero-order valence-corrected chi connectivity index (χ0v) is 16.5. The molecule has 1 atom stereocenters. The minimum atomic E-state index is -0.951. The summed E-state index contributed by atoms with van der Waals surface area (Å²) in [6, 6.07) is 16.2. The number of hydrogen-bond donors (Lipinski definition) is 1. The lowest BCUT2D eigenvalue weighted by atomic mass is 10.0. The fourth-order valence-corrected chi connectivity index (χ4v) is 4.07. The van der Waals surface area contributed by atoms with E-state index in [4.69, 9.17) is 4.42 Å². The maximum absolute atomic E-state index is 13.8. The molecule has 1 amide bonds. The van der Waals surface area contributed by atoms with Crippen LogP contribution in [0.4, 0.5) is 8.78 Å². The van der Waals surface area contributed by atoms with E-state index < -0.39 is 17.7 Å². The molecule has 0 radical (unpaired) electrons. The maximum Gasteiger partial charge on any atom is 0.272 e. The van der Waals surface area contributed by atoms with Gasteiger partial charge in [-0.05, 0) is 49.1 Å². The number of nitrogens with zero attached hydrogens (tertiary/aromatic N) is 2. The highest BCUT2D eigenvalue weighted by atomic mass is 19.2. The van der Waals surface area contributed by atoms with Gasteiger partial charge in [-0.3, -0.25) is 4.79 Å². The molecule has 1 aliphatic rings. The quantitative estimate of drug-likeness (QED) is 0.508. The fourth-order valence-electron chi connectivity index (χ4n) is 4.07.